The Morgan fingerprint density at radius 3 is 2.72 bits per heavy atom. The van der Waals surface area contributed by atoms with Crippen molar-refractivity contribution in [1.29, 1.82) is 0 Å². The number of hydrogen-bond donors (Lipinski definition) is 3. The van der Waals surface area contributed by atoms with Crippen LogP contribution in [0.1, 0.15) is 12.8 Å². The highest BCUT2D eigenvalue weighted by Gasteiger charge is 2.47. The number of H-pyrrole nitrogens is 1. The van der Waals surface area contributed by atoms with Gasteiger partial charge in [0.25, 0.3) is 0 Å². The number of benzene rings is 1. The molecule has 4 rings (SSSR count). The molecule has 0 atom stereocenters. The minimum absolute atomic E-state index is 0.0820. The van der Waals surface area contributed by atoms with Crippen LogP contribution in [-0.4, -0.2) is 70.5 Å². The zero-order chi connectivity index (χ0) is 17.4. The molecule has 0 bridgehead atoms. The van der Waals surface area contributed by atoms with Crippen molar-refractivity contribution in [3.63, 3.8) is 0 Å². The number of anilines is 1. The lowest BCUT2D eigenvalue weighted by Gasteiger charge is -2.48. The van der Waals surface area contributed by atoms with Crippen LogP contribution in [-0.2, 0) is 4.79 Å². The fraction of sp³-hybridized carbons (Fsp3) is 0.471. The molecule has 1 aromatic carbocycles. The van der Waals surface area contributed by atoms with Gasteiger partial charge >= 0.3 is 6.03 Å². The summed E-state index contributed by atoms with van der Waals surface area (Å²) in [5.41, 5.74) is 1.22. The molecule has 8 nitrogen and oxygen atoms in total. The Morgan fingerprint density at radius 1 is 1.24 bits per heavy atom. The summed E-state index contributed by atoms with van der Waals surface area (Å²) in [6.07, 6.45) is 1.28. The van der Waals surface area contributed by atoms with Gasteiger partial charge in [0, 0.05) is 26.2 Å². The Morgan fingerprint density at radius 2 is 2.00 bits per heavy atom. The summed E-state index contributed by atoms with van der Waals surface area (Å²) < 4.78 is 0. The van der Waals surface area contributed by atoms with Crippen LogP contribution in [0.3, 0.4) is 0 Å². The summed E-state index contributed by atoms with van der Waals surface area (Å²) in [7, 11) is 1.99. The first kappa shape index (κ1) is 15.9. The number of rotatable bonds is 1. The number of nitrogens with one attached hydrogen (secondary N) is 3. The minimum Gasteiger partial charge on any atom is -0.353 e. The molecule has 1 spiro atoms. The average Bonchev–Trinajstić information content (AvgIpc) is 3.02. The molecule has 2 aliphatic rings. The Kier molecular flexibility index (Phi) is 3.84. The number of carbonyl (C=O) groups excluding carboxylic acids is 2. The van der Waals surface area contributed by atoms with Gasteiger partial charge in [0.15, 0.2) is 0 Å². The number of aromatic amines is 1. The predicted molar refractivity (Wildman–Crippen MR) is 94.3 cm³/mol. The molecule has 1 aromatic heterocycles. The second kappa shape index (κ2) is 6.03. The van der Waals surface area contributed by atoms with Crippen molar-refractivity contribution in [3.8, 4) is 0 Å². The standard InChI is InChI=1S/C17H22N6O2/c1-22-11-8-18-14(24)17(22)6-9-23(10-7-17)16(25)21-15-19-12-4-2-3-5-13(12)20-15/h2-5H,6-11H2,1H3,(H,18,24)(H2,19,20,21,25). The normalized spacial score (nSPS) is 20.7. The van der Waals surface area contributed by atoms with E-state index in [0.29, 0.717) is 38.4 Å². The maximum Gasteiger partial charge on any atom is 0.324 e. The number of piperidine rings is 1. The molecule has 0 aliphatic carbocycles. The molecule has 3 heterocycles. The van der Waals surface area contributed by atoms with E-state index in [-0.39, 0.29) is 11.9 Å². The summed E-state index contributed by atoms with van der Waals surface area (Å²) >= 11 is 0. The smallest absolute Gasteiger partial charge is 0.324 e. The number of fused-ring (bicyclic) bond motifs is 1. The molecule has 2 saturated heterocycles. The average molecular weight is 342 g/mol. The summed E-state index contributed by atoms with van der Waals surface area (Å²) in [5.74, 6) is 0.526. The van der Waals surface area contributed by atoms with E-state index >= 15 is 0 Å². The Balaban J connectivity index is 1.42. The summed E-state index contributed by atoms with van der Waals surface area (Å²) in [6, 6.07) is 7.45. The van der Waals surface area contributed by atoms with Gasteiger partial charge in [-0.2, -0.15) is 0 Å². The quantitative estimate of drug-likeness (QED) is 0.720. The third-order valence-corrected chi connectivity index (χ3v) is 5.38. The van der Waals surface area contributed by atoms with Crippen LogP contribution in [0.2, 0.25) is 0 Å². The van der Waals surface area contributed by atoms with E-state index in [1.807, 2.05) is 31.3 Å². The number of imidazole rings is 1. The number of para-hydroxylation sites is 2. The van der Waals surface area contributed by atoms with Gasteiger partial charge in [-0.25, -0.2) is 9.78 Å². The number of hydrogen-bond acceptors (Lipinski definition) is 4. The van der Waals surface area contributed by atoms with Gasteiger partial charge in [0.05, 0.1) is 11.0 Å². The number of amides is 3. The van der Waals surface area contributed by atoms with Crippen LogP contribution in [0.25, 0.3) is 11.0 Å². The molecular weight excluding hydrogens is 320 g/mol. The predicted octanol–water partition coefficient (Wildman–Crippen LogP) is 0.991. The number of piperazine rings is 1. The van der Waals surface area contributed by atoms with Crippen molar-refractivity contribution in [1.82, 2.24) is 25.1 Å². The Hall–Kier alpha value is -2.61. The first-order chi connectivity index (χ1) is 12.1. The van der Waals surface area contributed by atoms with Gasteiger partial charge in [0.1, 0.15) is 5.54 Å². The van der Waals surface area contributed by atoms with Crippen molar-refractivity contribution in [2.75, 3.05) is 38.5 Å². The summed E-state index contributed by atoms with van der Waals surface area (Å²) in [4.78, 5) is 36.2. The lowest BCUT2D eigenvalue weighted by Crippen LogP contribution is -2.67. The van der Waals surface area contributed by atoms with E-state index in [1.54, 1.807) is 4.90 Å². The van der Waals surface area contributed by atoms with E-state index in [4.69, 9.17) is 0 Å². The van der Waals surface area contributed by atoms with E-state index in [0.717, 1.165) is 17.6 Å². The zero-order valence-electron chi connectivity index (χ0n) is 14.2. The fourth-order valence-corrected chi connectivity index (χ4v) is 3.77. The largest absolute Gasteiger partial charge is 0.353 e. The van der Waals surface area contributed by atoms with E-state index in [9.17, 15) is 9.59 Å². The first-order valence-corrected chi connectivity index (χ1v) is 8.59. The first-order valence-electron chi connectivity index (χ1n) is 8.59. The lowest BCUT2D eigenvalue weighted by molar-refractivity contribution is -0.139. The molecule has 132 valence electrons. The maximum absolute atomic E-state index is 12.5. The molecule has 8 heteroatoms. The number of likely N-dealkylation sites (N-methyl/N-ethyl adjacent to an activating group) is 1. The van der Waals surface area contributed by atoms with Gasteiger partial charge in [-0.15, -0.1) is 0 Å². The number of carbonyl (C=O) groups is 2. The van der Waals surface area contributed by atoms with Crippen LogP contribution in [0, 0.1) is 0 Å². The summed E-state index contributed by atoms with van der Waals surface area (Å²) in [6.45, 7) is 2.62. The SMILES string of the molecule is CN1CCNC(=O)C12CCN(C(=O)Nc1nc3ccccc3[nH]1)CC2. The molecule has 25 heavy (non-hydrogen) atoms. The van der Waals surface area contributed by atoms with Crippen molar-refractivity contribution >= 4 is 28.9 Å². The zero-order valence-corrected chi connectivity index (χ0v) is 14.2. The van der Waals surface area contributed by atoms with Crippen LogP contribution in [0.4, 0.5) is 10.7 Å². The van der Waals surface area contributed by atoms with E-state index in [1.165, 1.54) is 0 Å². The minimum atomic E-state index is -0.478. The maximum atomic E-state index is 12.5. The van der Waals surface area contributed by atoms with Crippen LogP contribution < -0.4 is 10.6 Å². The number of urea groups is 1. The second-order valence-corrected chi connectivity index (χ2v) is 6.73. The van der Waals surface area contributed by atoms with Gasteiger partial charge in [0.2, 0.25) is 11.9 Å². The highest BCUT2D eigenvalue weighted by Crippen LogP contribution is 2.30. The Bertz CT molecular complexity index is 775. The number of likely N-dealkylation sites (tertiary alicyclic amines) is 1. The van der Waals surface area contributed by atoms with Crippen molar-refractivity contribution in [2.24, 2.45) is 0 Å². The molecule has 3 amide bonds. The fourth-order valence-electron chi connectivity index (χ4n) is 3.77. The molecule has 0 unspecified atom stereocenters. The van der Waals surface area contributed by atoms with Crippen LogP contribution >= 0.6 is 0 Å². The topological polar surface area (TPSA) is 93.4 Å². The highest BCUT2D eigenvalue weighted by atomic mass is 16.2. The third kappa shape index (κ3) is 2.72. The molecule has 3 N–H and O–H groups in total. The number of aromatic nitrogens is 2. The molecular formula is C17H22N6O2. The van der Waals surface area contributed by atoms with Crippen molar-refractivity contribution in [3.05, 3.63) is 24.3 Å². The Labute approximate surface area is 145 Å². The lowest BCUT2D eigenvalue weighted by atomic mass is 9.83. The van der Waals surface area contributed by atoms with Gasteiger partial charge in [-0.3, -0.25) is 15.0 Å². The van der Waals surface area contributed by atoms with Gasteiger partial charge in [-0.05, 0) is 32.0 Å². The van der Waals surface area contributed by atoms with E-state index < -0.39 is 5.54 Å². The number of nitrogens with zero attached hydrogens (tertiary/aromatic N) is 3. The van der Waals surface area contributed by atoms with Crippen LogP contribution in [0.5, 0.6) is 0 Å². The van der Waals surface area contributed by atoms with Gasteiger partial charge < -0.3 is 15.2 Å². The third-order valence-electron chi connectivity index (χ3n) is 5.38. The van der Waals surface area contributed by atoms with Crippen molar-refractivity contribution in [2.45, 2.75) is 18.4 Å². The molecule has 0 radical (unpaired) electrons. The summed E-state index contributed by atoms with van der Waals surface area (Å²) in [5, 5.41) is 5.78. The van der Waals surface area contributed by atoms with Gasteiger partial charge in [-0.1, -0.05) is 12.1 Å². The van der Waals surface area contributed by atoms with Crippen LogP contribution in [0.15, 0.2) is 24.3 Å². The molecule has 2 fully saturated rings. The molecule has 2 aliphatic heterocycles. The highest BCUT2D eigenvalue weighted by molar-refractivity contribution is 5.91. The van der Waals surface area contributed by atoms with Crippen molar-refractivity contribution < 1.29 is 9.59 Å². The molecule has 2 aromatic rings. The second-order valence-electron chi connectivity index (χ2n) is 6.73. The molecule has 0 saturated carbocycles. The monoisotopic (exact) mass is 342 g/mol. The van der Waals surface area contributed by atoms with E-state index in [2.05, 4.69) is 25.5 Å².